The standard InChI is InChI=1S/C20H19N5O2S/c1-20(2)11-13-16(18(26)24-20)28-19(23-13)25-8-9-27-15-5-4-12(10-14(15)25)17-21-6-3-7-22-17/h3-7,10H,8-9,11H2,1-2H3,(H,24,26). The number of ether oxygens (including phenoxy) is 1. The molecule has 4 heterocycles. The van der Waals surface area contributed by atoms with Crippen molar-refractivity contribution in [3.8, 4) is 17.1 Å². The van der Waals surface area contributed by atoms with Crippen LogP contribution >= 0.6 is 11.3 Å². The van der Waals surface area contributed by atoms with Crippen LogP contribution in [-0.2, 0) is 6.42 Å². The minimum atomic E-state index is -0.282. The molecule has 0 unspecified atom stereocenters. The summed E-state index contributed by atoms with van der Waals surface area (Å²) < 4.78 is 5.84. The van der Waals surface area contributed by atoms with Crippen LogP contribution in [0.4, 0.5) is 10.8 Å². The van der Waals surface area contributed by atoms with Crippen LogP contribution in [0.15, 0.2) is 36.7 Å². The topological polar surface area (TPSA) is 80.2 Å². The lowest BCUT2D eigenvalue weighted by molar-refractivity contribution is 0.0901. The lowest BCUT2D eigenvalue weighted by Crippen LogP contribution is -2.48. The summed E-state index contributed by atoms with van der Waals surface area (Å²) >= 11 is 1.43. The van der Waals surface area contributed by atoms with Crippen LogP contribution in [-0.4, -0.2) is 39.5 Å². The predicted molar refractivity (Wildman–Crippen MR) is 107 cm³/mol. The van der Waals surface area contributed by atoms with Gasteiger partial charge in [-0.25, -0.2) is 15.0 Å². The number of carbonyl (C=O) groups excluding carboxylic acids is 1. The Balaban J connectivity index is 1.56. The minimum absolute atomic E-state index is 0.0464. The Kier molecular flexibility index (Phi) is 3.83. The lowest BCUT2D eigenvalue weighted by atomic mass is 9.94. The van der Waals surface area contributed by atoms with Gasteiger partial charge in [0.05, 0.1) is 17.9 Å². The number of thiazole rings is 1. The fourth-order valence-electron chi connectivity index (χ4n) is 3.58. The summed E-state index contributed by atoms with van der Waals surface area (Å²) in [7, 11) is 0. The Morgan fingerprint density at radius 3 is 2.89 bits per heavy atom. The SMILES string of the molecule is CC1(C)Cc2nc(N3CCOc4ccc(-c5ncccn5)cc43)sc2C(=O)N1. The number of aromatic nitrogens is 3. The molecule has 0 aliphatic carbocycles. The van der Waals surface area contributed by atoms with E-state index < -0.39 is 0 Å². The van der Waals surface area contributed by atoms with Gasteiger partial charge in [0.25, 0.3) is 5.91 Å². The van der Waals surface area contributed by atoms with E-state index in [1.54, 1.807) is 18.5 Å². The number of anilines is 2. The van der Waals surface area contributed by atoms with Crippen molar-refractivity contribution in [3.63, 3.8) is 0 Å². The highest BCUT2D eigenvalue weighted by atomic mass is 32.1. The summed E-state index contributed by atoms with van der Waals surface area (Å²) in [5.74, 6) is 1.41. The first-order valence-electron chi connectivity index (χ1n) is 9.14. The number of rotatable bonds is 2. The number of fused-ring (bicyclic) bond motifs is 2. The van der Waals surface area contributed by atoms with E-state index in [-0.39, 0.29) is 11.4 Å². The molecule has 0 fully saturated rings. The Labute approximate surface area is 166 Å². The van der Waals surface area contributed by atoms with Gasteiger partial charge in [-0.1, -0.05) is 11.3 Å². The Bertz CT molecular complexity index is 1060. The Morgan fingerprint density at radius 1 is 1.25 bits per heavy atom. The maximum Gasteiger partial charge on any atom is 0.263 e. The third-order valence-electron chi connectivity index (χ3n) is 4.83. The monoisotopic (exact) mass is 393 g/mol. The molecule has 5 rings (SSSR count). The number of hydrogen-bond donors (Lipinski definition) is 1. The molecule has 2 aromatic heterocycles. The van der Waals surface area contributed by atoms with E-state index >= 15 is 0 Å². The normalized spacial score (nSPS) is 17.4. The van der Waals surface area contributed by atoms with Crippen molar-refractivity contribution in [2.24, 2.45) is 0 Å². The molecule has 0 spiro atoms. The molecule has 1 aromatic carbocycles. The summed E-state index contributed by atoms with van der Waals surface area (Å²) in [4.78, 5) is 28.8. The van der Waals surface area contributed by atoms with E-state index in [9.17, 15) is 4.79 Å². The largest absolute Gasteiger partial charge is 0.490 e. The van der Waals surface area contributed by atoms with Crippen LogP contribution in [0.1, 0.15) is 29.2 Å². The quantitative estimate of drug-likeness (QED) is 0.720. The average Bonchev–Trinajstić information content (AvgIpc) is 3.10. The van der Waals surface area contributed by atoms with Crippen LogP contribution in [0, 0.1) is 0 Å². The Morgan fingerprint density at radius 2 is 2.07 bits per heavy atom. The van der Waals surface area contributed by atoms with E-state index in [1.807, 2.05) is 32.0 Å². The summed E-state index contributed by atoms with van der Waals surface area (Å²) in [5.41, 5.74) is 2.41. The van der Waals surface area contributed by atoms with Gasteiger partial charge in [-0.2, -0.15) is 0 Å². The molecule has 2 aliphatic heterocycles. The maximum absolute atomic E-state index is 12.5. The molecule has 0 atom stereocenters. The number of nitrogens with zero attached hydrogens (tertiary/aromatic N) is 4. The molecule has 0 saturated carbocycles. The van der Waals surface area contributed by atoms with Crippen LogP contribution < -0.4 is 15.0 Å². The van der Waals surface area contributed by atoms with Crippen molar-refractivity contribution in [2.45, 2.75) is 25.8 Å². The molecule has 7 nitrogen and oxygen atoms in total. The molecule has 0 saturated heterocycles. The van der Waals surface area contributed by atoms with Gasteiger partial charge in [0.15, 0.2) is 11.0 Å². The van der Waals surface area contributed by atoms with Crippen molar-refractivity contribution in [1.82, 2.24) is 20.3 Å². The van der Waals surface area contributed by atoms with Gasteiger partial charge >= 0.3 is 0 Å². The van der Waals surface area contributed by atoms with Crippen molar-refractivity contribution in [1.29, 1.82) is 0 Å². The number of benzene rings is 1. The second-order valence-corrected chi connectivity index (χ2v) is 8.52. The molecular formula is C20H19N5O2S. The molecule has 28 heavy (non-hydrogen) atoms. The van der Waals surface area contributed by atoms with Crippen LogP contribution in [0.2, 0.25) is 0 Å². The smallest absolute Gasteiger partial charge is 0.263 e. The van der Waals surface area contributed by atoms with E-state index in [2.05, 4.69) is 20.2 Å². The summed E-state index contributed by atoms with van der Waals surface area (Å²) in [6, 6.07) is 7.72. The fourth-order valence-corrected chi connectivity index (χ4v) is 4.60. The summed E-state index contributed by atoms with van der Waals surface area (Å²) in [5, 5.41) is 3.86. The van der Waals surface area contributed by atoms with Crippen molar-refractivity contribution in [3.05, 3.63) is 47.2 Å². The molecule has 3 aromatic rings. The molecule has 0 bridgehead atoms. The first kappa shape index (κ1) is 17.1. The molecule has 1 N–H and O–H groups in total. The maximum atomic E-state index is 12.5. The minimum Gasteiger partial charge on any atom is -0.490 e. The van der Waals surface area contributed by atoms with E-state index in [4.69, 9.17) is 9.72 Å². The fraction of sp³-hybridized carbons (Fsp3) is 0.300. The molecule has 8 heteroatoms. The zero-order valence-electron chi connectivity index (χ0n) is 15.6. The molecule has 1 amide bonds. The van der Waals surface area contributed by atoms with Gasteiger partial charge in [0.1, 0.15) is 17.2 Å². The third kappa shape index (κ3) is 2.90. The number of carbonyl (C=O) groups is 1. The van der Waals surface area contributed by atoms with Gasteiger partial charge in [0.2, 0.25) is 0 Å². The van der Waals surface area contributed by atoms with Crippen LogP contribution in [0.5, 0.6) is 5.75 Å². The number of nitrogens with one attached hydrogen (secondary N) is 1. The van der Waals surface area contributed by atoms with Gasteiger partial charge in [-0.05, 0) is 38.1 Å². The molecule has 142 valence electrons. The highest BCUT2D eigenvalue weighted by Gasteiger charge is 2.34. The van der Waals surface area contributed by atoms with Gasteiger partial charge in [-0.3, -0.25) is 4.79 Å². The number of amides is 1. The first-order valence-corrected chi connectivity index (χ1v) is 9.96. The highest BCUT2D eigenvalue weighted by molar-refractivity contribution is 7.17. The van der Waals surface area contributed by atoms with Crippen LogP contribution in [0.3, 0.4) is 0 Å². The summed E-state index contributed by atoms with van der Waals surface area (Å²) in [6.07, 6.45) is 4.18. The number of hydrogen-bond acceptors (Lipinski definition) is 7. The first-order chi connectivity index (χ1) is 13.5. The second-order valence-electron chi connectivity index (χ2n) is 7.54. The van der Waals surface area contributed by atoms with Gasteiger partial charge in [0, 0.05) is 29.9 Å². The zero-order valence-corrected chi connectivity index (χ0v) is 16.4. The Hall–Kier alpha value is -3.00. The van der Waals surface area contributed by atoms with Gasteiger partial charge < -0.3 is 15.0 Å². The summed E-state index contributed by atoms with van der Waals surface area (Å²) in [6.45, 7) is 5.27. The van der Waals surface area contributed by atoms with E-state index in [1.165, 1.54) is 11.3 Å². The predicted octanol–water partition coefficient (Wildman–Crippen LogP) is 3.20. The van der Waals surface area contributed by atoms with Crippen molar-refractivity contribution < 1.29 is 9.53 Å². The van der Waals surface area contributed by atoms with E-state index in [0.29, 0.717) is 23.9 Å². The average molecular weight is 393 g/mol. The van der Waals surface area contributed by atoms with Crippen LogP contribution in [0.25, 0.3) is 11.4 Å². The van der Waals surface area contributed by atoms with Crippen molar-refractivity contribution >= 4 is 28.1 Å². The third-order valence-corrected chi connectivity index (χ3v) is 5.95. The van der Waals surface area contributed by atoms with Crippen molar-refractivity contribution in [2.75, 3.05) is 18.1 Å². The van der Waals surface area contributed by atoms with E-state index in [0.717, 1.165) is 34.2 Å². The molecule has 0 radical (unpaired) electrons. The zero-order chi connectivity index (χ0) is 19.3. The van der Waals surface area contributed by atoms with Gasteiger partial charge in [-0.15, -0.1) is 0 Å². The molecular weight excluding hydrogens is 374 g/mol. The lowest BCUT2D eigenvalue weighted by Gasteiger charge is -2.29. The molecule has 2 aliphatic rings. The second kappa shape index (κ2) is 6.27. The highest BCUT2D eigenvalue weighted by Crippen LogP contribution is 2.42.